The summed E-state index contributed by atoms with van der Waals surface area (Å²) in [7, 11) is 1.000. The minimum atomic E-state index is -3.68. The first kappa shape index (κ1) is 22.0. The van der Waals surface area contributed by atoms with E-state index in [0.29, 0.717) is 28.6 Å². The van der Waals surface area contributed by atoms with Gasteiger partial charge in [0.2, 0.25) is 5.75 Å². The second kappa shape index (κ2) is 9.44. The molecule has 0 bridgehead atoms. The molecule has 0 saturated heterocycles. The number of ether oxygens (including phenoxy) is 3. The molecule has 0 radical (unpaired) electrons. The summed E-state index contributed by atoms with van der Waals surface area (Å²) >= 11 is 0. The summed E-state index contributed by atoms with van der Waals surface area (Å²) in [5, 5.41) is 0. The molecule has 7 nitrogen and oxygen atoms in total. The van der Waals surface area contributed by atoms with Gasteiger partial charge in [0.05, 0.1) is 26.2 Å². The standard InChI is InChI=1S/C23H24N2O5S/c1-28-21-14-17(15-22(29-2)23(21)30-3)5-4-16-6-10-19(11-7-16)25-31(26,27)20-12-8-18(24)9-13-20/h4-15,25H,24H2,1-3H3/b5-4-. The van der Waals surface area contributed by atoms with Crippen LogP contribution in [-0.2, 0) is 10.0 Å². The lowest BCUT2D eigenvalue weighted by atomic mass is 10.1. The summed E-state index contributed by atoms with van der Waals surface area (Å²) in [6.45, 7) is 0. The van der Waals surface area contributed by atoms with Gasteiger partial charge in [-0.1, -0.05) is 24.3 Å². The van der Waals surface area contributed by atoms with Crippen molar-refractivity contribution < 1.29 is 22.6 Å². The van der Waals surface area contributed by atoms with Gasteiger partial charge in [-0.25, -0.2) is 8.42 Å². The first-order valence-electron chi connectivity index (χ1n) is 9.33. The third-order valence-corrected chi connectivity index (χ3v) is 5.91. The van der Waals surface area contributed by atoms with Gasteiger partial charge in [0.15, 0.2) is 11.5 Å². The summed E-state index contributed by atoms with van der Waals surface area (Å²) in [5.74, 6) is 1.66. The predicted molar refractivity (Wildman–Crippen MR) is 123 cm³/mol. The number of hydrogen-bond donors (Lipinski definition) is 2. The number of sulfonamides is 1. The van der Waals surface area contributed by atoms with Crippen molar-refractivity contribution in [1.82, 2.24) is 0 Å². The van der Waals surface area contributed by atoms with Crippen molar-refractivity contribution in [2.45, 2.75) is 4.90 Å². The van der Waals surface area contributed by atoms with Crippen molar-refractivity contribution in [3.63, 3.8) is 0 Å². The van der Waals surface area contributed by atoms with Crippen LogP contribution < -0.4 is 24.7 Å². The Labute approximate surface area is 182 Å². The topological polar surface area (TPSA) is 99.9 Å². The third-order valence-electron chi connectivity index (χ3n) is 4.51. The van der Waals surface area contributed by atoms with E-state index in [-0.39, 0.29) is 4.90 Å². The van der Waals surface area contributed by atoms with Crippen LogP contribution in [0.25, 0.3) is 12.2 Å². The predicted octanol–water partition coefficient (Wildman–Crippen LogP) is 4.27. The van der Waals surface area contributed by atoms with Crippen LogP contribution in [0.5, 0.6) is 17.2 Å². The van der Waals surface area contributed by atoms with Gasteiger partial charge >= 0.3 is 0 Å². The molecule has 8 heteroatoms. The molecule has 0 unspecified atom stereocenters. The quantitative estimate of drug-likeness (QED) is 0.401. The Kier molecular flexibility index (Phi) is 6.71. The molecule has 0 spiro atoms. The molecule has 0 aromatic heterocycles. The van der Waals surface area contributed by atoms with Gasteiger partial charge in [-0.05, 0) is 59.7 Å². The molecule has 31 heavy (non-hydrogen) atoms. The van der Waals surface area contributed by atoms with E-state index in [0.717, 1.165) is 11.1 Å². The molecule has 0 amide bonds. The maximum atomic E-state index is 12.5. The van der Waals surface area contributed by atoms with E-state index in [1.807, 2.05) is 36.4 Å². The molecule has 0 aliphatic rings. The van der Waals surface area contributed by atoms with E-state index < -0.39 is 10.0 Å². The zero-order valence-electron chi connectivity index (χ0n) is 17.5. The van der Waals surface area contributed by atoms with Crippen LogP contribution in [0, 0.1) is 0 Å². The van der Waals surface area contributed by atoms with Gasteiger partial charge in [0.25, 0.3) is 10.0 Å². The Bertz CT molecular complexity index is 1150. The number of rotatable bonds is 8. The van der Waals surface area contributed by atoms with Crippen molar-refractivity contribution in [1.29, 1.82) is 0 Å². The minimum absolute atomic E-state index is 0.146. The largest absolute Gasteiger partial charge is 0.493 e. The van der Waals surface area contributed by atoms with Gasteiger partial charge in [0, 0.05) is 11.4 Å². The lowest BCUT2D eigenvalue weighted by Gasteiger charge is -2.12. The molecule has 162 valence electrons. The van der Waals surface area contributed by atoms with E-state index in [2.05, 4.69) is 4.72 Å². The highest BCUT2D eigenvalue weighted by Gasteiger charge is 2.14. The van der Waals surface area contributed by atoms with Crippen molar-refractivity contribution in [2.24, 2.45) is 0 Å². The highest BCUT2D eigenvalue weighted by Crippen LogP contribution is 2.38. The highest BCUT2D eigenvalue weighted by atomic mass is 32.2. The molecule has 3 N–H and O–H groups in total. The molecule has 0 fully saturated rings. The maximum Gasteiger partial charge on any atom is 0.261 e. The van der Waals surface area contributed by atoms with Gasteiger partial charge in [-0.15, -0.1) is 0 Å². The second-order valence-corrected chi connectivity index (χ2v) is 8.27. The lowest BCUT2D eigenvalue weighted by Crippen LogP contribution is -2.12. The van der Waals surface area contributed by atoms with Crippen molar-refractivity contribution in [3.8, 4) is 17.2 Å². The van der Waals surface area contributed by atoms with Crippen LogP contribution in [0.1, 0.15) is 11.1 Å². The van der Waals surface area contributed by atoms with Gasteiger partial charge in [0.1, 0.15) is 0 Å². The van der Waals surface area contributed by atoms with Gasteiger partial charge < -0.3 is 19.9 Å². The van der Waals surface area contributed by atoms with Crippen LogP contribution in [0.4, 0.5) is 11.4 Å². The Morgan fingerprint density at radius 1 is 0.774 bits per heavy atom. The normalized spacial score (nSPS) is 11.3. The van der Waals surface area contributed by atoms with Crippen LogP contribution in [0.15, 0.2) is 65.6 Å². The first-order valence-corrected chi connectivity index (χ1v) is 10.8. The monoisotopic (exact) mass is 440 g/mol. The number of nitrogens with one attached hydrogen (secondary N) is 1. The Balaban J connectivity index is 1.76. The smallest absolute Gasteiger partial charge is 0.261 e. The number of hydrogen-bond acceptors (Lipinski definition) is 6. The summed E-state index contributed by atoms with van der Waals surface area (Å²) in [6.07, 6.45) is 3.80. The molecule has 3 aromatic rings. The Hall–Kier alpha value is -3.65. The molecule has 0 aliphatic heterocycles. The first-order chi connectivity index (χ1) is 14.9. The van der Waals surface area contributed by atoms with E-state index in [1.165, 1.54) is 12.1 Å². The van der Waals surface area contributed by atoms with E-state index in [9.17, 15) is 8.42 Å². The van der Waals surface area contributed by atoms with E-state index in [4.69, 9.17) is 19.9 Å². The fourth-order valence-electron chi connectivity index (χ4n) is 2.91. The van der Waals surface area contributed by atoms with E-state index in [1.54, 1.807) is 45.6 Å². The zero-order chi connectivity index (χ0) is 22.4. The van der Waals surface area contributed by atoms with Crippen molar-refractivity contribution in [2.75, 3.05) is 31.8 Å². The van der Waals surface area contributed by atoms with Crippen molar-refractivity contribution >= 4 is 33.6 Å². The summed E-state index contributed by atoms with van der Waals surface area (Å²) in [5.41, 5.74) is 8.33. The maximum absolute atomic E-state index is 12.5. The van der Waals surface area contributed by atoms with Crippen LogP contribution >= 0.6 is 0 Å². The number of nitrogens with two attached hydrogens (primary N) is 1. The molecule has 0 saturated carbocycles. The Morgan fingerprint density at radius 2 is 1.32 bits per heavy atom. The molecular weight excluding hydrogens is 416 g/mol. The average molecular weight is 441 g/mol. The lowest BCUT2D eigenvalue weighted by molar-refractivity contribution is 0.324. The molecule has 0 aliphatic carbocycles. The van der Waals surface area contributed by atoms with Gasteiger partial charge in [-0.2, -0.15) is 0 Å². The average Bonchev–Trinajstić information content (AvgIpc) is 2.77. The minimum Gasteiger partial charge on any atom is -0.493 e. The van der Waals surface area contributed by atoms with Crippen molar-refractivity contribution in [3.05, 3.63) is 71.8 Å². The molecular formula is C23H24N2O5S. The highest BCUT2D eigenvalue weighted by molar-refractivity contribution is 7.92. The second-order valence-electron chi connectivity index (χ2n) is 6.59. The summed E-state index contributed by atoms with van der Waals surface area (Å²) in [4.78, 5) is 0.146. The molecule has 0 atom stereocenters. The zero-order valence-corrected chi connectivity index (χ0v) is 18.3. The SMILES string of the molecule is COc1cc(/C=C\c2ccc(NS(=O)(=O)c3ccc(N)cc3)cc2)cc(OC)c1OC. The third kappa shape index (κ3) is 5.29. The fraction of sp³-hybridized carbons (Fsp3) is 0.130. The van der Waals surface area contributed by atoms with Gasteiger partial charge in [-0.3, -0.25) is 4.72 Å². The number of anilines is 2. The number of benzene rings is 3. The summed E-state index contributed by atoms with van der Waals surface area (Å²) < 4.78 is 43.6. The molecule has 3 aromatic carbocycles. The van der Waals surface area contributed by atoms with Crippen LogP contribution in [0.2, 0.25) is 0 Å². The molecule has 0 heterocycles. The van der Waals surface area contributed by atoms with Crippen LogP contribution in [-0.4, -0.2) is 29.7 Å². The fourth-order valence-corrected chi connectivity index (χ4v) is 3.97. The van der Waals surface area contributed by atoms with E-state index >= 15 is 0 Å². The molecule has 3 rings (SSSR count). The summed E-state index contributed by atoms with van der Waals surface area (Å²) in [6, 6.07) is 16.7. The van der Waals surface area contributed by atoms with Crippen LogP contribution in [0.3, 0.4) is 0 Å². The number of methoxy groups -OCH3 is 3. The Morgan fingerprint density at radius 3 is 1.84 bits per heavy atom. The number of nitrogen functional groups attached to an aromatic ring is 1.